The molecule has 0 saturated heterocycles. The summed E-state index contributed by atoms with van der Waals surface area (Å²) in [6.45, 7) is 0. The third-order valence-electron chi connectivity index (χ3n) is 1.78. The van der Waals surface area contributed by atoms with Crippen molar-refractivity contribution >= 4 is 16.9 Å². The highest BCUT2D eigenvalue weighted by Gasteiger charge is 2.03. The molecule has 0 radical (unpaired) electrons. The Morgan fingerprint density at radius 2 is 2.23 bits per heavy atom. The lowest BCUT2D eigenvalue weighted by molar-refractivity contribution is -0.117. The van der Waals surface area contributed by atoms with E-state index >= 15 is 0 Å². The van der Waals surface area contributed by atoms with E-state index in [0.717, 1.165) is 11.0 Å². The number of hydrogen-bond donors (Lipinski definition) is 2. The van der Waals surface area contributed by atoms with E-state index in [1.807, 2.05) is 24.3 Å². The number of H-pyrrole nitrogens is 1. The molecule has 0 saturated carbocycles. The number of para-hydroxylation sites is 2. The summed E-state index contributed by atoms with van der Waals surface area (Å²) in [5.41, 5.74) is 6.84. The van der Waals surface area contributed by atoms with Crippen LogP contribution in [0.2, 0.25) is 0 Å². The molecule has 1 amide bonds. The number of carbonyl (C=O) groups excluding carboxylic acids is 1. The van der Waals surface area contributed by atoms with E-state index in [9.17, 15) is 4.79 Å². The van der Waals surface area contributed by atoms with Crippen molar-refractivity contribution in [1.82, 2.24) is 9.97 Å². The molecule has 2 rings (SSSR count). The number of carbonyl (C=O) groups is 1. The summed E-state index contributed by atoms with van der Waals surface area (Å²) in [4.78, 5) is 17.8. The number of aromatic amines is 1. The number of benzene rings is 1. The zero-order valence-corrected chi connectivity index (χ0v) is 6.95. The highest BCUT2D eigenvalue weighted by atomic mass is 16.1. The lowest BCUT2D eigenvalue weighted by atomic mass is 10.3. The van der Waals surface area contributed by atoms with Crippen molar-refractivity contribution < 1.29 is 4.79 Å². The maximum Gasteiger partial charge on any atom is 0.225 e. The number of amides is 1. The Hall–Kier alpha value is -1.84. The van der Waals surface area contributed by atoms with Crippen LogP contribution in [0, 0.1) is 0 Å². The van der Waals surface area contributed by atoms with Crippen LogP contribution in [0.5, 0.6) is 0 Å². The Balaban J connectivity index is 2.44. The standard InChI is InChI=1S/C9H9N3O/c10-8(13)5-9-11-6-3-1-2-4-7(6)12-9/h1-4H,5H2,(H2,10,13)(H,11,12). The zero-order chi connectivity index (χ0) is 9.26. The molecule has 0 atom stereocenters. The number of nitrogens with two attached hydrogens (primary N) is 1. The second-order valence-corrected chi connectivity index (χ2v) is 2.84. The molecule has 4 heteroatoms. The molecule has 1 aromatic carbocycles. The number of nitrogens with one attached hydrogen (secondary N) is 1. The minimum atomic E-state index is -0.376. The van der Waals surface area contributed by atoms with E-state index < -0.39 is 0 Å². The summed E-state index contributed by atoms with van der Waals surface area (Å²) in [5.74, 6) is 0.243. The average Bonchev–Trinajstić information content (AvgIpc) is 2.44. The predicted molar refractivity (Wildman–Crippen MR) is 49.0 cm³/mol. The van der Waals surface area contributed by atoms with Crippen LogP contribution in [0.3, 0.4) is 0 Å². The third-order valence-corrected chi connectivity index (χ3v) is 1.78. The first-order valence-corrected chi connectivity index (χ1v) is 3.97. The summed E-state index contributed by atoms with van der Waals surface area (Å²) in [5, 5.41) is 0. The fourth-order valence-corrected chi connectivity index (χ4v) is 1.25. The minimum Gasteiger partial charge on any atom is -0.369 e. The largest absolute Gasteiger partial charge is 0.369 e. The Morgan fingerprint density at radius 3 is 2.92 bits per heavy atom. The van der Waals surface area contributed by atoms with Gasteiger partial charge in [-0.1, -0.05) is 12.1 Å². The first-order valence-electron chi connectivity index (χ1n) is 3.97. The van der Waals surface area contributed by atoms with E-state index in [1.54, 1.807) is 0 Å². The molecule has 13 heavy (non-hydrogen) atoms. The molecular formula is C9H9N3O. The van der Waals surface area contributed by atoms with Gasteiger partial charge in [0, 0.05) is 0 Å². The fourth-order valence-electron chi connectivity index (χ4n) is 1.25. The highest BCUT2D eigenvalue weighted by molar-refractivity contribution is 5.79. The molecule has 0 aliphatic rings. The van der Waals surface area contributed by atoms with E-state index in [4.69, 9.17) is 5.73 Å². The quantitative estimate of drug-likeness (QED) is 0.701. The van der Waals surface area contributed by atoms with Crippen LogP contribution in [0.15, 0.2) is 24.3 Å². The summed E-state index contributed by atoms with van der Waals surface area (Å²) >= 11 is 0. The van der Waals surface area contributed by atoms with E-state index in [-0.39, 0.29) is 12.3 Å². The van der Waals surface area contributed by atoms with Crippen LogP contribution in [0.1, 0.15) is 5.82 Å². The van der Waals surface area contributed by atoms with Crippen LogP contribution < -0.4 is 5.73 Å². The van der Waals surface area contributed by atoms with Gasteiger partial charge in [0.05, 0.1) is 17.5 Å². The predicted octanol–water partition coefficient (Wildman–Crippen LogP) is 0.591. The summed E-state index contributed by atoms with van der Waals surface area (Å²) in [6, 6.07) is 7.61. The number of aromatic nitrogens is 2. The van der Waals surface area contributed by atoms with Gasteiger partial charge in [-0.2, -0.15) is 0 Å². The van der Waals surface area contributed by atoms with Crippen molar-refractivity contribution in [3.05, 3.63) is 30.1 Å². The van der Waals surface area contributed by atoms with Gasteiger partial charge < -0.3 is 10.7 Å². The average molecular weight is 175 g/mol. The molecule has 3 N–H and O–H groups in total. The molecule has 4 nitrogen and oxygen atoms in total. The first-order chi connectivity index (χ1) is 6.25. The van der Waals surface area contributed by atoms with Crippen molar-refractivity contribution in [3.63, 3.8) is 0 Å². The molecule has 0 fully saturated rings. The van der Waals surface area contributed by atoms with Gasteiger partial charge in [0.1, 0.15) is 5.82 Å². The van der Waals surface area contributed by atoms with Crippen LogP contribution in [-0.4, -0.2) is 15.9 Å². The molecule has 2 aromatic rings. The topological polar surface area (TPSA) is 71.8 Å². The monoisotopic (exact) mass is 175 g/mol. The highest BCUT2D eigenvalue weighted by Crippen LogP contribution is 2.09. The Kier molecular flexibility index (Phi) is 1.73. The van der Waals surface area contributed by atoms with Crippen molar-refractivity contribution in [3.8, 4) is 0 Å². The van der Waals surface area contributed by atoms with Crippen molar-refractivity contribution in [2.24, 2.45) is 5.73 Å². The van der Waals surface area contributed by atoms with Gasteiger partial charge in [-0.3, -0.25) is 4.79 Å². The van der Waals surface area contributed by atoms with Gasteiger partial charge in [0.2, 0.25) is 5.91 Å². The van der Waals surface area contributed by atoms with Crippen LogP contribution in [0.4, 0.5) is 0 Å². The molecule has 0 aliphatic carbocycles. The summed E-state index contributed by atoms with van der Waals surface area (Å²) < 4.78 is 0. The van der Waals surface area contributed by atoms with Gasteiger partial charge in [-0.15, -0.1) is 0 Å². The number of imidazole rings is 1. The molecule has 0 spiro atoms. The first kappa shape index (κ1) is 7.79. The lowest BCUT2D eigenvalue weighted by Gasteiger charge is -1.87. The van der Waals surface area contributed by atoms with Crippen LogP contribution in [-0.2, 0) is 11.2 Å². The molecule has 0 aliphatic heterocycles. The summed E-state index contributed by atoms with van der Waals surface area (Å²) in [7, 11) is 0. The molecule has 1 heterocycles. The number of nitrogens with zero attached hydrogens (tertiary/aromatic N) is 1. The summed E-state index contributed by atoms with van der Waals surface area (Å²) in [6.07, 6.45) is 0.161. The minimum absolute atomic E-state index is 0.161. The Morgan fingerprint density at radius 1 is 1.46 bits per heavy atom. The van der Waals surface area contributed by atoms with Gasteiger partial charge >= 0.3 is 0 Å². The van der Waals surface area contributed by atoms with Crippen molar-refractivity contribution in [2.75, 3.05) is 0 Å². The zero-order valence-electron chi connectivity index (χ0n) is 6.95. The molecule has 0 unspecified atom stereocenters. The van der Waals surface area contributed by atoms with Crippen molar-refractivity contribution in [2.45, 2.75) is 6.42 Å². The van der Waals surface area contributed by atoms with E-state index in [0.29, 0.717) is 5.82 Å². The third kappa shape index (κ3) is 1.51. The number of primary amides is 1. The maximum absolute atomic E-state index is 10.6. The molecule has 0 bridgehead atoms. The van der Waals surface area contributed by atoms with Gasteiger partial charge in [-0.05, 0) is 12.1 Å². The number of rotatable bonds is 2. The number of fused-ring (bicyclic) bond motifs is 1. The fraction of sp³-hybridized carbons (Fsp3) is 0.111. The van der Waals surface area contributed by atoms with Crippen LogP contribution >= 0.6 is 0 Å². The van der Waals surface area contributed by atoms with Gasteiger partial charge in [0.25, 0.3) is 0 Å². The maximum atomic E-state index is 10.6. The van der Waals surface area contributed by atoms with Gasteiger partial charge in [0.15, 0.2) is 0 Å². The lowest BCUT2D eigenvalue weighted by Crippen LogP contribution is -2.14. The Bertz CT molecular complexity index is 414. The Labute approximate surface area is 74.8 Å². The van der Waals surface area contributed by atoms with Gasteiger partial charge in [-0.25, -0.2) is 4.98 Å². The van der Waals surface area contributed by atoms with Crippen LogP contribution in [0.25, 0.3) is 11.0 Å². The van der Waals surface area contributed by atoms with E-state index in [2.05, 4.69) is 9.97 Å². The molecular weight excluding hydrogens is 166 g/mol. The normalized spacial score (nSPS) is 10.5. The molecule has 1 aromatic heterocycles. The molecule has 66 valence electrons. The van der Waals surface area contributed by atoms with Crippen molar-refractivity contribution in [1.29, 1.82) is 0 Å². The second kappa shape index (κ2) is 2.90. The number of hydrogen-bond acceptors (Lipinski definition) is 2. The second-order valence-electron chi connectivity index (χ2n) is 2.84. The smallest absolute Gasteiger partial charge is 0.225 e. The van der Waals surface area contributed by atoms with E-state index in [1.165, 1.54) is 0 Å². The SMILES string of the molecule is NC(=O)Cc1nc2ccccc2[nH]1.